The summed E-state index contributed by atoms with van der Waals surface area (Å²) in [6, 6.07) is 15.6. The van der Waals surface area contributed by atoms with E-state index in [4.69, 9.17) is 9.47 Å². The van der Waals surface area contributed by atoms with E-state index in [1.54, 1.807) is 24.3 Å². The van der Waals surface area contributed by atoms with Gasteiger partial charge in [0.1, 0.15) is 18.2 Å². The van der Waals surface area contributed by atoms with Crippen molar-refractivity contribution in [3.05, 3.63) is 100 Å². The molecular formula is C30H27F4NO4. The number of ether oxygens (including phenoxy) is 2. The zero-order chi connectivity index (χ0) is 27.6. The molecule has 9 heteroatoms. The minimum absolute atomic E-state index is 0.0713. The van der Waals surface area contributed by atoms with E-state index in [-0.39, 0.29) is 24.0 Å². The molecule has 1 N–H and O–H groups in total. The van der Waals surface area contributed by atoms with Crippen LogP contribution in [0.1, 0.15) is 46.3 Å². The molecule has 1 unspecified atom stereocenters. The van der Waals surface area contributed by atoms with Gasteiger partial charge in [-0.05, 0) is 84.5 Å². The molecule has 204 valence electrons. The van der Waals surface area contributed by atoms with Crippen molar-refractivity contribution >= 4 is 17.2 Å². The smallest absolute Gasteiger partial charge is 0.416 e. The summed E-state index contributed by atoms with van der Waals surface area (Å²) in [6.07, 6.45) is -2.52. The Kier molecular flexibility index (Phi) is 7.61. The molecule has 0 radical (unpaired) electrons. The monoisotopic (exact) mass is 541 g/mol. The van der Waals surface area contributed by atoms with Gasteiger partial charge in [-0.15, -0.1) is 0 Å². The van der Waals surface area contributed by atoms with Crippen LogP contribution in [0.15, 0.2) is 72.3 Å². The zero-order valence-electron chi connectivity index (χ0n) is 21.0. The molecule has 0 bridgehead atoms. The van der Waals surface area contributed by atoms with E-state index in [9.17, 15) is 27.5 Å². The molecule has 5 rings (SSSR count). The first-order valence-electron chi connectivity index (χ1n) is 12.7. The molecule has 1 saturated heterocycles. The molecule has 39 heavy (non-hydrogen) atoms. The minimum Gasteiger partial charge on any atom is -0.488 e. The van der Waals surface area contributed by atoms with E-state index < -0.39 is 17.7 Å². The molecule has 3 aromatic rings. The Morgan fingerprint density at radius 1 is 1.05 bits per heavy atom. The van der Waals surface area contributed by atoms with Crippen LogP contribution < -0.4 is 9.64 Å². The SMILES string of the molecule is O=C(O)c1cccc(N2CCOCC2C2=C(c3cc(C(F)(F)F)ccc3OCc3ccc(F)cc3)CCC2)c1. The third kappa shape index (κ3) is 5.93. The van der Waals surface area contributed by atoms with Crippen LogP contribution in [0, 0.1) is 5.82 Å². The van der Waals surface area contributed by atoms with Crippen molar-refractivity contribution in [1.29, 1.82) is 0 Å². The summed E-state index contributed by atoms with van der Waals surface area (Å²) in [4.78, 5) is 13.6. The number of halogens is 4. The molecule has 0 saturated carbocycles. The summed E-state index contributed by atoms with van der Waals surface area (Å²) >= 11 is 0. The lowest BCUT2D eigenvalue weighted by Gasteiger charge is -2.39. The molecule has 3 aromatic carbocycles. The predicted octanol–water partition coefficient (Wildman–Crippen LogP) is 6.96. The first-order chi connectivity index (χ1) is 18.7. The number of hydrogen-bond acceptors (Lipinski definition) is 4. The van der Waals surface area contributed by atoms with Gasteiger partial charge in [0.05, 0.1) is 30.4 Å². The summed E-state index contributed by atoms with van der Waals surface area (Å²) in [6.45, 7) is 1.37. The van der Waals surface area contributed by atoms with Crippen molar-refractivity contribution in [3.63, 3.8) is 0 Å². The highest BCUT2D eigenvalue weighted by Gasteiger charge is 2.35. The van der Waals surface area contributed by atoms with Gasteiger partial charge in [0, 0.05) is 17.8 Å². The Balaban J connectivity index is 1.54. The maximum absolute atomic E-state index is 13.7. The topological polar surface area (TPSA) is 59.0 Å². The number of alkyl halides is 3. The second-order valence-electron chi connectivity index (χ2n) is 9.62. The van der Waals surface area contributed by atoms with Gasteiger partial charge in [-0.3, -0.25) is 0 Å². The fourth-order valence-electron chi connectivity index (χ4n) is 5.27. The standard InChI is InChI=1S/C30H27F4NO4/c31-22-10-7-19(8-11-22)17-39-28-12-9-21(30(32,33)34)16-26(28)24-5-2-6-25(24)27-18-38-14-13-35(27)23-4-1-3-20(15-23)29(36)37/h1,3-4,7-12,15-16,27H,2,5-6,13-14,17-18H2,(H,36,37). The average Bonchev–Trinajstić information content (AvgIpc) is 3.42. The summed E-state index contributed by atoms with van der Waals surface area (Å²) in [7, 11) is 0. The lowest BCUT2D eigenvalue weighted by molar-refractivity contribution is -0.137. The predicted molar refractivity (Wildman–Crippen MR) is 138 cm³/mol. The number of carboxylic acids is 1. The highest BCUT2D eigenvalue weighted by molar-refractivity contribution is 5.89. The summed E-state index contributed by atoms with van der Waals surface area (Å²) in [5, 5.41) is 9.47. The number of rotatable bonds is 7. The normalized spacial score (nSPS) is 17.9. The third-order valence-electron chi connectivity index (χ3n) is 7.16. The fourth-order valence-corrected chi connectivity index (χ4v) is 5.27. The number of carbonyl (C=O) groups is 1. The van der Waals surface area contributed by atoms with Crippen LogP contribution in [0.5, 0.6) is 5.75 Å². The maximum Gasteiger partial charge on any atom is 0.416 e. The highest BCUT2D eigenvalue weighted by atomic mass is 19.4. The van der Waals surface area contributed by atoms with Crippen LogP contribution in [0.2, 0.25) is 0 Å². The first kappa shape index (κ1) is 26.7. The Bertz CT molecular complexity index is 1380. The Morgan fingerprint density at radius 2 is 1.85 bits per heavy atom. The quantitative estimate of drug-likeness (QED) is 0.328. The molecule has 5 nitrogen and oxygen atoms in total. The number of hydrogen-bond donors (Lipinski definition) is 1. The minimum atomic E-state index is -4.53. The number of allylic oxidation sites excluding steroid dienone is 1. The largest absolute Gasteiger partial charge is 0.488 e. The molecule has 0 amide bonds. The van der Waals surface area contributed by atoms with E-state index in [2.05, 4.69) is 4.90 Å². The number of benzene rings is 3. The molecule has 1 aliphatic heterocycles. The van der Waals surface area contributed by atoms with Crippen molar-refractivity contribution in [1.82, 2.24) is 0 Å². The molecule has 0 spiro atoms. The van der Waals surface area contributed by atoms with Gasteiger partial charge < -0.3 is 19.5 Å². The van der Waals surface area contributed by atoms with E-state index in [1.807, 2.05) is 6.07 Å². The van der Waals surface area contributed by atoms with Crippen molar-refractivity contribution in [3.8, 4) is 5.75 Å². The van der Waals surface area contributed by atoms with Crippen molar-refractivity contribution < 1.29 is 36.9 Å². The fraction of sp³-hybridized carbons (Fsp3) is 0.300. The second kappa shape index (κ2) is 11.1. The van der Waals surface area contributed by atoms with Crippen LogP contribution >= 0.6 is 0 Å². The number of morpholine rings is 1. The van der Waals surface area contributed by atoms with Gasteiger partial charge in [0.15, 0.2) is 0 Å². The van der Waals surface area contributed by atoms with Gasteiger partial charge in [-0.2, -0.15) is 13.2 Å². The Morgan fingerprint density at radius 3 is 2.59 bits per heavy atom. The van der Waals surface area contributed by atoms with Crippen LogP contribution in [-0.4, -0.2) is 36.9 Å². The second-order valence-corrected chi connectivity index (χ2v) is 9.62. The van der Waals surface area contributed by atoms with Gasteiger partial charge in [-0.1, -0.05) is 18.2 Å². The van der Waals surface area contributed by atoms with Gasteiger partial charge in [0.2, 0.25) is 0 Å². The van der Waals surface area contributed by atoms with E-state index >= 15 is 0 Å². The summed E-state index contributed by atoms with van der Waals surface area (Å²) in [5.41, 5.74) is 2.92. The molecule has 1 atom stereocenters. The van der Waals surface area contributed by atoms with Crippen LogP contribution in [0.25, 0.3) is 5.57 Å². The molecule has 0 aromatic heterocycles. The summed E-state index contributed by atoms with van der Waals surface area (Å²) < 4.78 is 66.3. The lowest BCUT2D eigenvalue weighted by atomic mass is 9.93. The van der Waals surface area contributed by atoms with Crippen molar-refractivity contribution in [2.75, 3.05) is 24.7 Å². The maximum atomic E-state index is 13.7. The van der Waals surface area contributed by atoms with Crippen LogP contribution in [-0.2, 0) is 17.5 Å². The van der Waals surface area contributed by atoms with Crippen molar-refractivity contribution in [2.24, 2.45) is 0 Å². The number of carboxylic acid groups (broad SMARTS) is 1. The number of nitrogens with zero attached hydrogens (tertiary/aromatic N) is 1. The average molecular weight is 542 g/mol. The zero-order valence-corrected chi connectivity index (χ0v) is 21.0. The van der Waals surface area contributed by atoms with Gasteiger partial charge >= 0.3 is 12.1 Å². The summed E-state index contributed by atoms with van der Waals surface area (Å²) in [5.74, 6) is -1.10. The third-order valence-corrected chi connectivity index (χ3v) is 7.16. The van der Waals surface area contributed by atoms with Crippen LogP contribution in [0.3, 0.4) is 0 Å². The van der Waals surface area contributed by atoms with E-state index in [0.717, 1.165) is 35.4 Å². The van der Waals surface area contributed by atoms with E-state index in [1.165, 1.54) is 24.3 Å². The Labute approximate surface area is 223 Å². The van der Waals surface area contributed by atoms with Gasteiger partial charge in [0.25, 0.3) is 0 Å². The number of anilines is 1. The Hall–Kier alpha value is -3.85. The van der Waals surface area contributed by atoms with Crippen molar-refractivity contribution in [2.45, 2.75) is 38.1 Å². The molecule has 2 aliphatic rings. The molecular weight excluding hydrogens is 514 g/mol. The molecule has 1 fully saturated rings. The molecule has 1 heterocycles. The highest BCUT2D eigenvalue weighted by Crippen LogP contribution is 2.44. The first-order valence-corrected chi connectivity index (χ1v) is 12.7. The number of aromatic carboxylic acids is 1. The van der Waals surface area contributed by atoms with Crippen LogP contribution in [0.4, 0.5) is 23.2 Å². The lowest BCUT2D eigenvalue weighted by Crippen LogP contribution is -2.46. The molecule has 1 aliphatic carbocycles. The van der Waals surface area contributed by atoms with Gasteiger partial charge in [-0.25, -0.2) is 9.18 Å². The van der Waals surface area contributed by atoms with E-state index in [0.29, 0.717) is 49.5 Å².